The Labute approximate surface area is 131 Å². The number of aromatic nitrogens is 2. The first-order valence-corrected chi connectivity index (χ1v) is 8.39. The topological polar surface area (TPSA) is 54.9 Å². The molecular weight excluding hydrogens is 308 g/mol. The SMILES string of the molecule is O=c1[nH]c(Cl)c(-c2ccccc2)c(=O)n1C1CCCSC1. The van der Waals surface area contributed by atoms with E-state index in [2.05, 4.69) is 4.98 Å². The summed E-state index contributed by atoms with van der Waals surface area (Å²) in [5, 5.41) is 0.107. The van der Waals surface area contributed by atoms with Gasteiger partial charge < -0.3 is 0 Å². The summed E-state index contributed by atoms with van der Waals surface area (Å²) < 4.78 is 1.33. The summed E-state index contributed by atoms with van der Waals surface area (Å²) in [6.45, 7) is 0. The van der Waals surface area contributed by atoms with E-state index in [0.29, 0.717) is 5.56 Å². The maximum atomic E-state index is 12.8. The minimum Gasteiger partial charge on any atom is -0.297 e. The van der Waals surface area contributed by atoms with Crippen molar-refractivity contribution in [3.63, 3.8) is 0 Å². The van der Waals surface area contributed by atoms with Crippen LogP contribution in [0.3, 0.4) is 0 Å². The van der Waals surface area contributed by atoms with E-state index in [1.807, 2.05) is 30.3 Å². The monoisotopic (exact) mass is 322 g/mol. The van der Waals surface area contributed by atoms with Crippen LogP contribution in [0.25, 0.3) is 11.1 Å². The average Bonchev–Trinajstić information content (AvgIpc) is 2.49. The predicted octanol–water partition coefficient (Wildman–Crippen LogP) is 2.93. The Morgan fingerprint density at radius 1 is 1.24 bits per heavy atom. The van der Waals surface area contributed by atoms with Gasteiger partial charge in [-0.25, -0.2) is 4.79 Å². The van der Waals surface area contributed by atoms with Gasteiger partial charge in [0.1, 0.15) is 5.15 Å². The molecule has 21 heavy (non-hydrogen) atoms. The van der Waals surface area contributed by atoms with Gasteiger partial charge in [-0.15, -0.1) is 0 Å². The minimum atomic E-state index is -0.419. The van der Waals surface area contributed by atoms with E-state index in [-0.39, 0.29) is 16.8 Å². The van der Waals surface area contributed by atoms with Crippen LogP contribution in [-0.2, 0) is 0 Å². The molecule has 1 aromatic carbocycles. The molecule has 0 spiro atoms. The van der Waals surface area contributed by atoms with Gasteiger partial charge in [-0.1, -0.05) is 41.9 Å². The highest BCUT2D eigenvalue weighted by Gasteiger charge is 2.22. The van der Waals surface area contributed by atoms with Crippen molar-refractivity contribution >= 4 is 23.4 Å². The van der Waals surface area contributed by atoms with Gasteiger partial charge in [-0.05, 0) is 24.2 Å². The average molecular weight is 323 g/mol. The highest BCUT2D eigenvalue weighted by atomic mass is 35.5. The Morgan fingerprint density at radius 2 is 2.00 bits per heavy atom. The summed E-state index contributed by atoms with van der Waals surface area (Å²) in [4.78, 5) is 27.5. The van der Waals surface area contributed by atoms with Crippen molar-refractivity contribution in [3.8, 4) is 11.1 Å². The Kier molecular flexibility index (Phi) is 4.22. The van der Waals surface area contributed by atoms with Gasteiger partial charge in [0.2, 0.25) is 0 Å². The summed E-state index contributed by atoms with van der Waals surface area (Å²) in [5.41, 5.74) is 0.369. The lowest BCUT2D eigenvalue weighted by Gasteiger charge is -2.23. The number of hydrogen-bond acceptors (Lipinski definition) is 3. The second-order valence-electron chi connectivity index (χ2n) is 5.03. The second-order valence-corrected chi connectivity index (χ2v) is 6.56. The zero-order chi connectivity index (χ0) is 14.8. The van der Waals surface area contributed by atoms with E-state index in [0.717, 1.165) is 29.9 Å². The highest BCUT2D eigenvalue weighted by molar-refractivity contribution is 7.99. The number of thioether (sulfide) groups is 1. The first kappa shape index (κ1) is 14.5. The van der Waals surface area contributed by atoms with Crippen LogP contribution in [0.4, 0.5) is 0 Å². The van der Waals surface area contributed by atoms with Crippen LogP contribution in [0.2, 0.25) is 5.15 Å². The van der Waals surface area contributed by atoms with E-state index in [1.165, 1.54) is 4.57 Å². The molecule has 1 aromatic heterocycles. The normalized spacial score (nSPS) is 18.6. The third-order valence-electron chi connectivity index (χ3n) is 3.65. The number of halogens is 1. The van der Waals surface area contributed by atoms with Crippen molar-refractivity contribution in [1.82, 2.24) is 9.55 Å². The Hall–Kier alpha value is -1.46. The van der Waals surface area contributed by atoms with Gasteiger partial charge >= 0.3 is 5.69 Å². The van der Waals surface area contributed by atoms with Gasteiger partial charge in [0.05, 0.1) is 11.6 Å². The fraction of sp³-hybridized carbons (Fsp3) is 0.333. The lowest BCUT2D eigenvalue weighted by molar-refractivity contribution is 0.466. The summed E-state index contributed by atoms with van der Waals surface area (Å²) in [7, 11) is 0. The molecule has 1 fully saturated rings. The molecule has 4 nitrogen and oxygen atoms in total. The molecule has 0 bridgehead atoms. The summed E-state index contributed by atoms with van der Waals surface area (Å²) in [6, 6.07) is 9.15. The Bertz CT molecular complexity index is 749. The van der Waals surface area contributed by atoms with Crippen LogP contribution in [-0.4, -0.2) is 21.1 Å². The standard InChI is InChI=1S/C15H15ClN2O2S/c16-13-12(10-5-2-1-3-6-10)14(19)18(15(20)17-13)11-7-4-8-21-9-11/h1-3,5-6,11H,4,7-9H2,(H,17,20). The molecule has 3 rings (SSSR count). The van der Waals surface area contributed by atoms with Gasteiger partial charge in [0.25, 0.3) is 5.56 Å². The summed E-state index contributed by atoms with van der Waals surface area (Å²) in [6.07, 6.45) is 1.87. The highest BCUT2D eigenvalue weighted by Crippen LogP contribution is 2.26. The van der Waals surface area contributed by atoms with Crippen molar-refractivity contribution in [1.29, 1.82) is 0 Å². The smallest absolute Gasteiger partial charge is 0.297 e. The van der Waals surface area contributed by atoms with E-state index >= 15 is 0 Å². The number of H-pyrrole nitrogens is 1. The quantitative estimate of drug-likeness (QED) is 0.865. The number of rotatable bonds is 2. The largest absolute Gasteiger partial charge is 0.329 e. The van der Waals surface area contributed by atoms with Crippen LogP contribution in [0.15, 0.2) is 39.9 Å². The van der Waals surface area contributed by atoms with Crippen molar-refractivity contribution < 1.29 is 0 Å². The van der Waals surface area contributed by atoms with Gasteiger partial charge in [-0.2, -0.15) is 11.8 Å². The van der Waals surface area contributed by atoms with E-state index < -0.39 is 5.69 Å². The molecule has 1 atom stereocenters. The minimum absolute atomic E-state index is 0.0558. The number of nitrogens with zero attached hydrogens (tertiary/aromatic N) is 1. The number of hydrogen-bond donors (Lipinski definition) is 1. The molecule has 0 amide bonds. The molecule has 2 aromatic rings. The molecule has 110 valence electrons. The van der Waals surface area contributed by atoms with Crippen molar-refractivity contribution in [2.24, 2.45) is 0 Å². The maximum Gasteiger partial charge on any atom is 0.329 e. The van der Waals surface area contributed by atoms with E-state index in [9.17, 15) is 9.59 Å². The molecule has 1 aliphatic rings. The molecule has 1 unspecified atom stereocenters. The maximum absolute atomic E-state index is 12.8. The van der Waals surface area contributed by atoms with Gasteiger partial charge in [0.15, 0.2) is 0 Å². The lowest BCUT2D eigenvalue weighted by atomic mass is 10.1. The second kappa shape index (κ2) is 6.12. The van der Waals surface area contributed by atoms with Crippen LogP contribution < -0.4 is 11.2 Å². The first-order chi connectivity index (χ1) is 10.2. The third kappa shape index (κ3) is 2.80. The molecule has 0 aliphatic carbocycles. The number of benzene rings is 1. The van der Waals surface area contributed by atoms with E-state index in [4.69, 9.17) is 11.6 Å². The molecule has 2 heterocycles. The molecule has 0 radical (unpaired) electrons. The molecule has 1 saturated heterocycles. The van der Waals surface area contributed by atoms with Crippen LogP contribution in [0, 0.1) is 0 Å². The molecule has 0 saturated carbocycles. The van der Waals surface area contributed by atoms with Crippen molar-refractivity contribution in [2.75, 3.05) is 11.5 Å². The van der Waals surface area contributed by atoms with Crippen LogP contribution in [0.1, 0.15) is 18.9 Å². The number of aromatic amines is 1. The van der Waals surface area contributed by atoms with Gasteiger partial charge in [0, 0.05) is 5.75 Å². The molecule has 1 N–H and O–H groups in total. The molecule has 1 aliphatic heterocycles. The fourth-order valence-electron chi connectivity index (χ4n) is 2.64. The fourth-order valence-corrected chi connectivity index (χ4v) is 4.03. The zero-order valence-electron chi connectivity index (χ0n) is 11.3. The van der Waals surface area contributed by atoms with Crippen molar-refractivity contribution in [2.45, 2.75) is 18.9 Å². The zero-order valence-corrected chi connectivity index (χ0v) is 12.9. The van der Waals surface area contributed by atoms with Crippen molar-refractivity contribution in [3.05, 3.63) is 56.3 Å². The van der Waals surface area contributed by atoms with E-state index in [1.54, 1.807) is 11.8 Å². The third-order valence-corrected chi connectivity index (χ3v) is 5.13. The van der Waals surface area contributed by atoms with Crippen LogP contribution in [0.5, 0.6) is 0 Å². The lowest BCUT2D eigenvalue weighted by Crippen LogP contribution is -2.40. The first-order valence-electron chi connectivity index (χ1n) is 6.86. The summed E-state index contributed by atoms with van der Waals surface area (Å²) >= 11 is 7.88. The molecule has 6 heteroatoms. The van der Waals surface area contributed by atoms with Crippen LogP contribution >= 0.6 is 23.4 Å². The van der Waals surface area contributed by atoms with Gasteiger partial charge in [-0.3, -0.25) is 14.3 Å². The Morgan fingerprint density at radius 3 is 2.67 bits per heavy atom. The predicted molar refractivity (Wildman–Crippen MR) is 87.4 cm³/mol. The molecular formula is C15H15ClN2O2S. The summed E-state index contributed by atoms with van der Waals surface area (Å²) in [5.74, 6) is 1.88. The Balaban J connectivity index is 2.18. The number of nitrogens with one attached hydrogen (secondary N) is 1.